The number of nitrogens with zero attached hydrogens (tertiary/aromatic N) is 1. The van der Waals surface area contributed by atoms with Crippen molar-refractivity contribution >= 4 is 11.9 Å². The molecule has 2 aliphatic heterocycles. The standard InChI is InChI=1S/C14H23N3O3/c1-11-2-4-14(5-3-11)12(18)17(13(19)15-14)10-16-6-8-20-9-7-16/h11H,2-10H2,1H3,(H,15,19)/p+1. The number of morpholine rings is 1. The van der Waals surface area contributed by atoms with Crippen LogP contribution in [0.1, 0.15) is 32.6 Å². The second-order valence-corrected chi connectivity index (χ2v) is 6.45. The number of imide groups is 1. The fourth-order valence-corrected chi connectivity index (χ4v) is 3.46. The first kappa shape index (κ1) is 13.8. The third-order valence-electron chi connectivity index (χ3n) is 4.96. The van der Waals surface area contributed by atoms with Crippen molar-refractivity contribution in [2.24, 2.45) is 5.92 Å². The Bertz CT molecular complexity index is 398. The Hall–Kier alpha value is -1.14. The molecule has 2 saturated heterocycles. The van der Waals surface area contributed by atoms with E-state index in [0.29, 0.717) is 25.8 Å². The van der Waals surface area contributed by atoms with Crippen molar-refractivity contribution in [2.75, 3.05) is 33.0 Å². The normalized spacial score (nSPS) is 35.6. The Balaban J connectivity index is 1.67. The maximum Gasteiger partial charge on any atom is 0.329 e. The van der Waals surface area contributed by atoms with Crippen LogP contribution in [0.25, 0.3) is 0 Å². The molecule has 0 bridgehead atoms. The second kappa shape index (κ2) is 5.33. The molecule has 1 spiro atoms. The van der Waals surface area contributed by atoms with E-state index in [2.05, 4.69) is 12.2 Å². The van der Waals surface area contributed by atoms with Gasteiger partial charge in [0.2, 0.25) is 0 Å². The summed E-state index contributed by atoms with van der Waals surface area (Å²) in [6.45, 7) is 5.83. The first-order valence-electron chi connectivity index (χ1n) is 7.66. The molecule has 1 aliphatic carbocycles. The van der Waals surface area contributed by atoms with Gasteiger partial charge in [-0.3, -0.25) is 4.79 Å². The van der Waals surface area contributed by atoms with Crippen molar-refractivity contribution in [3.8, 4) is 0 Å². The summed E-state index contributed by atoms with van der Waals surface area (Å²) in [5.74, 6) is 0.651. The monoisotopic (exact) mass is 282 g/mol. The average molecular weight is 282 g/mol. The molecular weight excluding hydrogens is 258 g/mol. The van der Waals surface area contributed by atoms with E-state index in [9.17, 15) is 9.59 Å². The lowest BCUT2D eigenvalue weighted by molar-refractivity contribution is -0.915. The van der Waals surface area contributed by atoms with Gasteiger partial charge in [-0.1, -0.05) is 6.92 Å². The fourth-order valence-electron chi connectivity index (χ4n) is 3.46. The SMILES string of the molecule is CC1CCC2(CC1)NC(=O)N(C[NH+]1CCOCC1)C2=O. The largest absolute Gasteiger partial charge is 0.370 e. The van der Waals surface area contributed by atoms with Crippen LogP contribution in [0.3, 0.4) is 0 Å². The van der Waals surface area contributed by atoms with E-state index in [1.807, 2.05) is 0 Å². The minimum Gasteiger partial charge on any atom is -0.370 e. The molecule has 112 valence electrons. The molecule has 6 heteroatoms. The maximum atomic E-state index is 12.7. The van der Waals surface area contributed by atoms with Crippen molar-refractivity contribution in [1.82, 2.24) is 10.2 Å². The van der Waals surface area contributed by atoms with Crippen molar-refractivity contribution < 1.29 is 19.2 Å². The van der Waals surface area contributed by atoms with Gasteiger partial charge in [0.15, 0.2) is 6.67 Å². The molecule has 2 heterocycles. The number of quaternary nitrogens is 1. The molecule has 0 aromatic heterocycles. The zero-order chi connectivity index (χ0) is 14.2. The Kier molecular flexibility index (Phi) is 3.69. The van der Waals surface area contributed by atoms with Crippen LogP contribution in [0, 0.1) is 5.92 Å². The van der Waals surface area contributed by atoms with Gasteiger partial charge in [-0.25, -0.2) is 9.69 Å². The molecule has 3 rings (SSSR count). The van der Waals surface area contributed by atoms with E-state index in [0.717, 1.165) is 38.8 Å². The van der Waals surface area contributed by atoms with Crippen molar-refractivity contribution in [2.45, 2.75) is 38.1 Å². The number of carbonyl (C=O) groups is 2. The third kappa shape index (κ3) is 2.42. The van der Waals surface area contributed by atoms with E-state index >= 15 is 0 Å². The predicted molar refractivity (Wildman–Crippen MR) is 72.1 cm³/mol. The van der Waals surface area contributed by atoms with Crippen LogP contribution in [0.4, 0.5) is 4.79 Å². The number of amides is 3. The van der Waals surface area contributed by atoms with Crippen LogP contribution in [0.15, 0.2) is 0 Å². The Morgan fingerprint density at radius 3 is 2.60 bits per heavy atom. The molecule has 0 unspecified atom stereocenters. The van der Waals surface area contributed by atoms with Gasteiger partial charge < -0.3 is 15.0 Å². The number of carbonyl (C=O) groups excluding carboxylic acids is 2. The number of ether oxygens (including phenoxy) is 1. The van der Waals surface area contributed by atoms with Gasteiger partial charge in [-0.2, -0.15) is 0 Å². The lowest BCUT2D eigenvalue weighted by Crippen LogP contribution is -3.15. The summed E-state index contributed by atoms with van der Waals surface area (Å²) in [6.07, 6.45) is 3.61. The zero-order valence-corrected chi connectivity index (χ0v) is 12.1. The van der Waals surface area contributed by atoms with Gasteiger partial charge in [-0.15, -0.1) is 0 Å². The molecule has 3 aliphatic rings. The molecule has 0 aromatic rings. The quantitative estimate of drug-likeness (QED) is 0.662. The highest BCUT2D eigenvalue weighted by Crippen LogP contribution is 2.35. The molecule has 2 N–H and O–H groups in total. The van der Waals surface area contributed by atoms with Crippen molar-refractivity contribution in [3.63, 3.8) is 0 Å². The van der Waals surface area contributed by atoms with Crippen LogP contribution >= 0.6 is 0 Å². The van der Waals surface area contributed by atoms with Gasteiger partial charge in [-0.05, 0) is 31.6 Å². The Morgan fingerprint density at radius 2 is 1.95 bits per heavy atom. The minimum absolute atomic E-state index is 0.00612. The van der Waals surface area contributed by atoms with Crippen LogP contribution in [0.5, 0.6) is 0 Å². The Labute approximate surface area is 119 Å². The number of hydrogen-bond acceptors (Lipinski definition) is 3. The number of urea groups is 1. The summed E-state index contributed by atoms with van der Waals surface area (Å²) < 4.78 is 5.31. The second-order valence-electron chi connectivity index (χ2n) is 6.45. The molecule has 3 amide bonds. The molecule has 1 saturated carbocycles. The van der Waals surface area contributed by atoms with Gasteiger partial charge >= 0.3 is 6.03 Å². The first-order chi connectivity index (χ1) is 9.61. The van der Waals surface area contributed by atoms with Gasteiger partial charge in [0, 0.05) is 0 Å². The minimum atomic E-state index is -0.602. The molecule has 20 heavy (non-hydrogen) atoms. The van der Waals surface area contributed by atoms with Crippen LogP contribution in [0.2, 0.25) is 0 Å². The van der Waals surface area contributed by atoms with Crippen LogP contribution in [-0.2, 0) is 9.53 Å². The van der Waals surface area contributed by atoms with Crippen molar-refractivity contribution in [1.29, 1.82) is 0 Å². The summed E-state index contributed by atoms with van der Waals surface area (Å²) in [5.41, 5.74) is -0.602. The zero-order valence-electron chi connectivity index (χ0n) is 12.1. The highest BCUT2D eigenvalue weighted by molar-refractivity contribution is 6.06. The van der Waals surface area contributed by atoms with E-state index in [1.165, 1.54) is 9.80 Å². The van der Waals surface area contributed by atoms with Crippen LogP contribution < -0.4 is 10.2 Å². The lowest BCUT2D eigenvalue weighted by Gasteiger charge is -2.33. The topological polar surface area (TPSA) is 63.1 Å². The summed E-state index contributed by atoms with van der Waals surface area (Å²) in [6, 6.07) is -0.205. The van der Waals surface area contributed by atoms with Gasteiger partial charge in [0.1, 0.15) is 18.6 Å². The smallest absolute Gasteiger partial charge is 0.329 e. The van der Waals surface area contributed by atoms with Crippen molar-refractivity contribution in [3.05, 3.63) is 0 Å². The van der Waals surface area contributed by atoms with Gasteiger partial charge in [0.25, 0.3) is 5.91 Å². The summed E-state index contributed by atoms with van der Waals surface area (Å²) in [7, 11) is 0. The predicted octanol–water partition coefficient (Wildman–Crippen LogP) is -0.640. The van der Waals surface area contributed by atoms with E-state index in [-0.39, 0.29) is 11.9 Å². The van der Waals surface area contributed by atoms with Gasteiger partial charge in [0.05, 0.1) is 13.2 Å². The Morgan fingerprint density at radius 1 is 1.30 bits per heavy atom. The number of nitrogens with one attached hydrogen (secondary N) is 2. The highest BCUT2D eigenvalue weighted by atomic mass is 16.5. The lowest BCUT2D eigenvalue weighted by atomic mass is 9.77. The highest BCUT2D eigenvalue weighted by Gasteiger charge is 2.53. The van der Waals surface area contributed by atoms with E-state index < -0.39 is 5.54 Å². The number of rotatable bonds is 2. The maximum absolute atomic E-state index is 12.7. The summed E-state index contributed by atoms with van der Waals surface area (Å²) in [4.78, 5) is 27.5. The molecule has 0 radical (unpaired) electrons. The summed E-state index contributed by atoms with van der Waals surface area (Å²) in [5, 5.41) is 2.97. The third-order valence-corrected chi connectivity index (χ3v) is 4.96. The molecule has 0 aromatic carbocycles. The first-order valence-corrected chi connectivity index (χ1v) is 7.66. The molecule has 0 atom stereocenters. The van der Waals surface area contributed by atoms with E-state index in [4.69, 9.17) is 4.74 Å². The number of hydrogen-bond donors (Lipinski definition) is 2. The molecule has 3 fully saturated rings. The van der Waals surface area contributed by atoms with E-state index in [1.54, 1.807) is 0 Å². The summed E-state index contributed by atoms with van der Waals surface area (Å²) >= 11 is 0. The molecule has 6 nitrogen and oxygen atoms in total. The fraction of sp³-hybridized carbons (Fsp3) is 0.857. The molecular formula is C14H24N3O3+. The van der Waals surface area contributed by atoms with Crippen LogP contribution in [-0.4, -0.2) is 55.3 Å². The average Bonchev–Trinajstić information content (AvgIpc) is 2.68.